The Balaban J connectivity index is 1.23. The van der Waals surface area contributed by atoms with Gasteiger partial charge in [0.15, 0.2) is 11.6 Å². The molecule has 0 nitrogen and oxygen atoms in total. The van der Waals surface area contributed by atoms with Gasteiger partial charge in [-0.1, -0.05) is 63.2 Å². The lowest BCUT2D eigenvalue weighted by Gasteiger charge is -2.42. The van der Waals surface area contributed by atoms with Crippen molar-refractivity contribution in [3.05, 3.63) is 35.4 Å². The monoisotopic (exact) mass is 498 g/mol. The van der Waals surface area contributed by atoms with Gasteiger partial charge < -0.3 is 0 Å². The molecule has 0 aromatic heterocycles. The zero-order valence-corrected chi connectivity index (χ0v) is 23.3. The van der Waals surface area contributed by atoms with Crippen LogP contribution >= 0.6 is 0 Å². The van der Waals surface area contributed by atoms with Gasteiger partial charge in [-0.3, -0.25) is 0 Å². The topological polar surface area (TPSA) is 0 Å². The van der Waals surface area contributed by atoms with Gasteiger partial charge in [-0.15, -0.1) is 12.3 Å². The van der Waals surface area contributed by atoms with E-state index in [-0.39, 0.29) is 0 Å². The summed E-state index contributed by atoms with van der Waals surface area (Å²) in [5.74, 6) is 6.11. The predicted molar refractivity (Wildman–Crippen MR) is 147 cm³/mol. The summed E-state index contributed by atoms with van der Waals surface area (Å²) in [6, 6.07) is 9.34. The molecule has 1 aliphatic heterocycles. The minimum absolute atomic E-state index is 0.365. The van der Waals surface area contributed by atoms with Crippen molar-refractivity contribution in [2.24, 2.45) is 29.6 Å². The molecule has 2 aliphatic carbocycles. The van der Waals surface area contributed by atoms with Crippen molar-refractivity contribution >= 4 is 8.80 Å². The molecule has 3 heteroatoms. The summed E-state index contributed by atoms with van der Waals surface area (Å²) >= 11 is 0. The maximum atomic E-state index is 13.7. The number of rotatable bonds is 9. The van der Waals surface area contributed by atoms with E-state index < -0.39 is 20.4 Å². The number of hydrogen-bond donors (Lipinski definition) is 0. The fourth-order valence-electron chi connectivity index (χ4n) is 8.18. The normalized spacial score (nSPS) is 32.6. The standard InChI is InChI=1S/C32H48F2Si/c1-3-5-6-20-35-21-18-26(19-22-35)24-8-12-27(13-9-24)30(7-4-2)28-14-10-25(11-15-28)29-16-17-31(33)32(34)23-29/h2,16-17,23-28,30,35H,3,5-15,18-22H2,1H3. The first-order valence-corrected chi connectivity index (χ1v) is 17.4. The minimum atomic E-state index is -0.741. The molecule has 3 fully saturated rings. The number of terminal acetylenes is 1. The van der Waals surface area contributed by atoms with Crippen molar-refractivity contribution in [1.29, 1.82) is 0 Å². The second kappa shape index (κ2) is 13.4. The molecule has 0 bridgehead atoms. The molecule has 1 atom stereocenters. The van der Waals surface area contributed by atoms with E-state index in [1.807, 2.05) is 0 Å². The van der Waals surface area contributed by atoms with Crippen LogP contribution in [0.3, 0.4) is 0 Å². The number of halogens is 2. The first-order valence-electron chi connectivity index (χ1n) is 15.0. The smallest absolute Gasteiger partial charge is 0.159 e. The third-order valence-electron chi connectivity index (χ3n) is 10.3. The fourth-order valence-corrected chi connectivity index (χ4v) is 11.7. The lowest BCUT2D eigenvalue weighted by Crippen LogP contribution is -2.33. The number of hydrogen-bond acceptors (Lipinski definition) is 0. The molecule has 3 aliphatic rings. The Hall–Kier alpha value is -1.14. The highest BCUT2D eigenvalue weighted by Gasteiger charge is 2.37. The Morgan fingerprint density at radius 2 is 1.49 bits per heavy atom. The van der Waals surface area contributed by atoms with Gasteiger partial charge in [-0.05, 0) is 105 Å². The molecule has 0 spiro atoms. The van der Waals surface area contributed by atoms with Gasteiger partial charge in [0.1, 0.15) is 0 Å². The van der Waals surface area contributed by atoms with E-state index in [0.717, 1.165) is 42.6 Å². The Morgan fingerprint density at radius 3 is 2.09 bits per heavy atom. The van der Waals surface area contributed by atoms with Gasteiger partial charge in [-0.25, -0.2) is 8.78 Å². The van der Waals surface area contributed by atoms with Crippen molar-refractivity contribution in [2.45, 2.75) is 121 Å². The van der Waals surface area contributed by atoms with E-state index in [0.29, 0.717) is 17.8 Å². The van der Waals surface area contributed by atoms with Crippen LogP contribution in [0.25, 0.3) is 0 Å². The van der Waals surface area contributed by atoms with E-state index in [9.17, 15) is 8.78 Å². The summed E-state index contributed by atoms with van der Waals surface area (Å²) in [5, 5.41) is 0. The predicted octanol–water partition coefficient (Wildman–Crippen LogP) is 9.51. The number of unbranched alkanes of at least 4 members (excludes halogenated alkanes) is 2. The van der Waals surface area contributed by atoms with Crippen LogP contribution < -0.4 is 0 Å². The molecule has 0 N–H and O–H groups in total. The molecule has 1 saturated heterocycles. The van der Waals surface area contributed by atoms with E-state index >= 15 is 0 Å². The van der Waals surface area contributed by atoms with Crippen LogP contribution in [0, 0.1) is 53.6 Å². The summed E-state index contributed by atoms with van der Waals surface area (Å²) in [6.45, 7) is 2.32. The van der Waals surface area contributed by atoms with Crippen LogP contribution in [0.5, 0.6) is 0 Å². The van der Waals surface area contributed by atoms with E-state index in [2.05, 4.69) is 12.8 Å². The Morgan fingerprint density at radius 1 is 0.857 bits per heavy atom. The molecule has 35 heavy (non-hydrogen) atoms. The first kappa shape index (κ1) is 26.9. The van der Waals surface area contributed by atoms with Gasteiger partial charge in [0.25, 0.3) is 0 Å². The molecular formula is C32H48F2Si. The second-order valence-electron chi connectivity index (χ2n) is 12.3. The highest BCUT2D eigenvalue weighted by Crippen LogP contribution is 2.48. The van der Waals surface area contributed by atoms with Crippen LogP contribution in [0.1, 0.15) is 108 Å². The zero-order chi connectivity index (χ0) is 24.6. The van der Waals surface area contributed by atoms with Gasteiger partial charge >= 0.3 is 0 Å². The molecule has 4 rings (SSSR count). The van der Waals surface area contributed by atoms with Crippen LogP contribution in [0.4, 0.5) is 8.78 Å². The molecule has 194 valence electrons. The van der Waals surface area contributed by atoms with Crippen molar-refractivity contribution in [3.63, 3.8) is 0 Å². The summed E-state index contributed by atoms with van der Waals surface area (Å²) in [5.41, 5.74) is 0.972. The number of benzene rings is 1. The summed E-state index contributed by atoms with van der Waals surface area (Å²) in [4.78, 5) is 0. The molecule has 0 amide bonds. The van der Waals surface area contributed by atoms with E-state index in [1.165, 1.54) is 69.9 Å². The van der Waals surface area contributed by atoms with Crippen molar-refractivity contribution < 1.29 is 8.78 Å². The third-order valence-corrected chi connectivity index (χ3v) is 13.9. The third kappa shape index (κ3) is 7.21. The van der Waals surface area contributed by atoms with E-state index in [4.69, 9.17) is 6.42 Å². The second-order valence-corrected chi connectivity index (χ2v) is 15.8. The van der Waals surface area contributed by atoms with Crippen LogP contribution in [0.2, 0.25) is 18.1 Å². The van der Waals surface area contributed by atoms with Gasteiger partial charge in [0.05, 0.1) is 0 Å². The van der Waals surface area contributed by atoms with Gasteiger partial charge in [0, 0.05) is 15.2 Å². The highest BCUT2D eigenvalue weighted by atomic mass is 28.3. The van der Waals surface area contributed by atoms with Crippen LogP contribution in [0.15, 0.2) is 18.2 Å². The Kier molecular flexibility index (Phi) is 10.3. The average Bonchev–Trinajstić information content (AvgIpc) is 2.90. The largest absolute Gasteiger partial charge is 0.204 e. The maximum Gasteiger partial charge on any atom is 0.159 e. The molecule has 1 aromatic rings. The summed E-state index contributed by atoms with van der Waals surface area (Å²) < 4.78 is 27.1. The SMILES string of the molecule is C#CCC(C1CCC(c2ccc(F)c(F)c2)CC1)C1CCC(C2CC[SiH](CCCCC)CC2)CC1. The molecule has 0 radical (unpaired) electrons. The molecule has 1 aromatic carbocycles. The van der Waals surface area contributed by atoms with E-state index in [1.54, 1.807) is 37.0 Å². The summed E-state index contributed by atoms with van der Waals surface area (Å²) in [6.07, 6.45) is 24.3. The molecule has 1 unspecified atom stereocenters. The zero-order valence-electron chi connectivity index (χ0n) is 22.1. The van der Waals surface area contributed by atoms with Crippen molar-refractivity contribution in [1.82, 2.24) is 0 Å². The first-order chi connectivity index (χ1) is 17.1. The highest BCUT2D eigenvalue weighted by molar-refractivity contribution is 6.58. The van der Waals surface area contributed by atoms with Gasteiger partial charge in [-0.2, -0.15) is 0 Å². The Bertz CT molecular complexity index is 805. The average molecular weight is 499 g/mol. The minimum Gasteiger partial charge on any atom is -0.204 e. The van der Waals surface area contributed by atoms with Crippen LogP contribution in [-0.2, 0) is 0 Å². The molecule has 2 saturated carbocycles. The van der Waals surface area contributed by atoms with Gasteiger partial charge in [0.2, 0.25) is 0 Å². The Labute approximate surface area is 215 Å². The molecule has 1 heterocycles. The van der Waals surface area contributed by atoms with Crippen LogP contribution in [-0.4, -0.2) is 8.80 Å². The lowest BCUT2D eigenvalue weighted by atomic mass is 9.64. The lowest BCUT2D eigenvalue weighted by molar-refractivity contribution is 0.105. The molecular weight excluding hydrogens is 450 g/mol. The maximum absolute atomic E-state index is 13.7. The van der Waals surface area contributed by atoms with Crippen molar-refractivity contribution in [3.8, 4) is 12.3 Å². The summed E-state index contributed by atoms with van der Waals surface area (Å²) in [7, 11) is -0.403. The quantitative estimate of drug-likeness (QED) is 0.181. The fraction of sp³-hybridized carbons (Fsp3) is 0.750. The van der Waals surface area contributed by atoms with Crippen molar-refractivity contribution in [2.75, 3.05) is 0 Å².